The topological polar surface area (TPSA) is 20.2 Å². The molecule has 1 N–H and O–H groups in total. The molecule has 16 heavy (non-hydrogen) atoms. The lowest BCUT2D eigenvalue weighted by atomic mass is 10.0. The number of aliphatic hydroxyl groups excluding tert-OH is 1. The first-order valence-electron chi connectivity index (χ1n) is 5.68. The molecular weight excluding hydrogens is 216 g/mol. The molecule has 0 saturated heterocycles. The smallest absolute Gasteiger partial charge is 0.0880 e. The Hall–Kier alpha value is -0.470. The highest BCUT2D eigenvalue weighted by atomic mass is 32.2. The van der Waals surface area contributed by atoms with E-state index in [9.17, 15) is 5.11 Å². The molecular formula is C14H22OS. The third-order valence-corrected chi connectivity index (χ3v) is 3.65. The minimum absolute atomic E-state index is 0.208. The largest absolute Gasteiger partial charge is 0.388 e. The molecule has 0 spiro atoms. The molecule has 0 amide bonds. The van der Waals surface area contributed by atoms with Crippen LogP contribution >= 0.6 is 11.8 Å². The quantitative estimate of drug-likeness (QED) is 0.862. The third kappa shape index (κ3) is 4.58. The van der Waals surface area contributed by atoms with Crippen LogP contribution in [0.5, 0.6) is 0 Å². The van der Waals surface area contributed by atoms with Gasteiger partial charge in [-0.1, -0.05) is 50.1 Å². The van der Waals surface area contributed by atoms with E-state index in [4.69, 9.17) is 0 Å². The van der Waals surface area contributed by atoms with Crippen LogP contribution in [0.1, 0.15) is 43.6 Å². The van der Waals surface area contributed by atoms with Crippen molar-refractivity contribution in [1.82, 2.24) is 0 Å². The molecule has 1 aromatic rings. The molecule has 1 nitrogen and oxygen atoms in total. The SMILES string of the molecule is Cc1cc(C)cc(C(O)CSC(C)(C)C)c1. The highest BCUT2D eigenvalue weighted by Gasteiger charge is 2.15. The van der Waals surface area contributed by atoms with Crippen LogP contribution in [0, 0.1) is 13.8 Å². The standard InChI is InChI=1S/C14H22OS/c1-10-6-11(2)8-12(7-10)13(15)9-16-14(3,4)5/h6-8,13,15H,9H2,1-5H3. The van der Waals surface area contributed by atoms with Crippen LogP contribution < -0.4 is 0 Å². The van der Waals surface area contributed by atoms with Gasteiger partial charge in [-0.05, 0) is 19.4 Å². The lowest BCUT2D eigenvalue weighted by molar-refractivity contribution is 0.203. The van der Waals surface area contributed by atoms with Gasteiger partial charge in [0.25, 0.3) is 0 Å². The zero-order valence-electron chi connectivity index (χ0n) is 10.9. The molecule has 1 unspecified atom stereocenters. The second kappa shape index (κ2) is 5.24. The Balaban J connectivity index is 2.69. The first-order valence-corrected chi connectivity index (χ1v) is 6.67. The highest BCUT2D eigenvalue weighted by molar-refractivity contribution is 8.00. The summed E-state index contributed by atoms with van der Waals surface area (Å²) in [6.45, 7) is 10.7. The number of benzene rings is 1. The average molecular weight is 238 g/mol. The molecule has 0 fully saturated rings. The van der Waals surface area contributed by atoms with Crippen molar-refractivity contribution in [2.24, 2.45) is 0 Å². The van der Waals surface area contributed by atoms with E-state index in [-0.39, 0.29) is 10.9 Å². The Morgan fingerprint density at radius 3 is 2.06 bits per heavy atom. The van der Waals surface area contributed by atoms with Crippen LogP contribution in [0.4, 0.5) is 0 Å². The monoisotopic (exact) mass is 238 g/mol. The van der Waals surface area contributed by atoms with E-state index in [2.05, 4.69) is 52.8 Å². The molecule has 1 rings (SSSR count). The third-order valence-electron chi connectivity index (χ3n) is 2.30. The summed E-state index contributed by atoms with van der Waals surface area (Å²) >= 11 is 1.80. The van der Waals surface area contributed by atoms with E-state index in [1.165, 1.54) is 11.1 Å². The molecule has 0 heterocycles. The van der Waals surface area contributed by atoms with Crippen molar-refractivity contribution in [3.8, 4) is 0 Å². The van der Waals surface area contributed by atoms with Crippen LogP contribution in [0.15, 0.2) is 18.2 Å². The Morgan fingerprint density at radius 1 is 1.12 bits per heavy atom. The van der Waals surface area contributed by atoms with Gasteiger partial charge in [-0.3, -0.25) is 0 Å². The number of aryl methyl sites for hydroxylation is 2. The van der Waals surface area contributed by atoms with Crippen LogP contribution in [-0.2, 0) is 0 Å². The van der Waals surface area contributed by atoms with Gasteiger partial charge in [0.2, 0.25) is 0 Å². The van der Waals surface area contributed by atoms with E-state index in [0.717, 1.165) is 11.3 Å². The number of aliphatic hydroxyl groups is 1. The van der Waals surface area contributed by atoms with Gasteiger partial charge in [-0.25, -0.2) is 0 Å². The van der Waals surface area contributed by atoms with Gasteiger partial charge >= 0.3 is 0 Å². The summed E-state index contributed by atoms with van der Waals surface area (Å²) in [5, 5.41) is 10.1. The van der Waals surface area contributed by atoms with E-state index in [1.807, 2.05) is 0 Å². The van der Waals surface area contributed by atoms with Crippen molar-refractivity contribution >= 4 is 11.8 Å². The van der Waals surface area contributed by atoms with Gasteiger partial charge in [-0.15, -0.1) is 0 Å². The molecule has 90 valence electrons. The van der Waals surface area contributed by atoms with Crippen molar-refractivity contribution in [3.63, 3.8) is 0 Å². The number of hydrogen-bond donors (Lipinski definition) is 1. The molecule has 0 aromatic heterocycles. The van der Waals surface area contributed by atoms with Crippen LogP contribution in [-0.4, -0.2) is 15.6 Å². The van der Waals surface area contributed by atoms with Crippen LogP contribution in [0.2, 0.25) is 0 Å². The maximum absolute atomic E-state index is 10.1. The maximum atomic E-state index is 10.1. The predicted molar refractivity (Wildman–Crippen MR) is 73.1 cm³/mol. The lowest BCUT2D eigenvalue weighted by Crippen LogP contribution is -2.12. The number of hydrogen-bond acceptors (Lipinski definition) is 2. The summed E-state index contributed by atoms with van der Waals surface area (Å²) in [4.78, 5) is 0. The first-order chi connectivity index (χ1) is 7.28. The fourth-order valence-electron chi connectivity index (χ4n) is 1.63. The Labute approximate surface area is 103 Å². The van der Waals surface area contributed by atoms with E-state index in [1.54, 1.807) is 11.8 Å². The van der Waals surface area contributed by atoms with Crippen molar-refractivity contribution in [2.45, 2.75) is 45.5 Å². The summed E-state index contributed by atoms with van der Waals surface area (Å²) in [5.41, 5.74) is 3.47. The van der Waals surface area contributed by atoms with Gasteiger partial charge in [0.1, 0.15) is 0 Å². The minimum atomic E-state index is -0.358. The molecule has 1 atom stereocenters. The molecule has 0 aliphatic carbocycles. The summed E-state index contributed by atoms with van der Waals surface area (Å²) < 4.78 is 0.208. The minimum Gasteiger partial charge on any atom is -0.388 e. The molecule has 0 aliphatic rings. The van der Waals surface area contributed by atoms with Crippen molar-refractivity contribution < 1.29 is 5.11 Å². The Kier molecular flexibility index (Phi) is 4.45. The number of thioether (sulfide) groups is 1. The van der Waals surface area contributed by atoms with Gasteiger partial charge in [0.15, 0.2) is 0 Å². The summed E-state index contributed by atoms with van der Waals surface area (Å²) in [5.74, 6) is 0.756. The Bertz CT molecular complexity index is 332. The first kappa shape index (κ1) is 13.6. The van der Waals surface area contributed by atoms with Crippen LogP contribution in [0.25, 0.3) is 0 Å². The van der Waals surface area contributed by atoms with Crippen LogP contribution in [0.3, 0.4) is 0 Å². The highest BCUT2D eigenvalue weighted by Crippen LogP contribution is 2.28. The maximum Gasteiger partial charge on any atom is 0.0880 e. The molecule has 1 aromatic carbocycles. The fraction of sp³-hybridized carbons (Fsp3) is 0.571. The molecule has 0 radical (unpaired) electrons. The van der Waals surface area contributed by atoms with Crippen molar-refractivity contribution in [3.05, 3.63) is 34.9 Å². The fourth-order valence-corrected chi connectivity index (χ4v) is 2.48. The summed E-state index contributed by atoms with van der Waals surface area (Å²) in [6, 6.07) is 6.27. The zero-order chi connectivity index (χ0) is 12.3. The van der Waals surface area contributed by atoms with Gasteiger partial charge in [-0.2, -0.15) is 11.8 Å². The average Bonchev–Trinajstić information content (AvgIpc) is 2.11. The lowest BCUT2D eigenvalue weighted by Gasteiger charge is -2.20. The van der Waals surface area contributed by atoms with Crippen molar-refractivity contribution in [2.75, 3.05) is 5.75 Å². The molecule has 0 bridgehead atoms. The van der Waals surface area contributed by atoms with E-state index >= 15 is 0 Å². The Morgan fingerprint density at radius 2 is 1.62 bits per heavy atom. The molecule has 0 saturated carbocycles. The van der Waals surface area contributed by atoms with Gasteiger partial charge < -0.3 is 5.11 Å². The second-order valence-corrected chi connectivity index (χ2v) is 7.21. The summed E-state index contributed by atoms with van der Waals surface area (Å²) in [6.07, 6.45) is -0.358. The van der Waals surface area contributed by atoms with E-state index in [0.29, 0.717) is 0 Å². The summed E-state index contributed by atoms with van der Waals surface area (Å²) in [7, 11) is 0. The van der Waals surface area contributed by atoms with Gasteiger partial charge in [0.05, 0.1) is 6.10 Å². The van der Waals surface area contributed by atoms with E-state index < -0.39 is 0 Å². The second-order valence-electron chi connectivity index (χ2n) is 5.36. The normalized spacial score (nSPS) is 13.9. The number of rotatable bonds is 3. The zero-order valence-corrected chi connectivity index (χ0v) is 11.7. The van der Waals surface area contributed by atoms with Gasteiger partial charge in [0, 0.05) is 10.5 Å². The van der Waals surface area contributed by atoms with Crippen molar-refractivity contribution in [1.29, 1.82) is 0 Å². The predicted octanol–water partition coefficient (Wildman–Crippen LogP) is 3.87. The molecule has 2 heteroatoms. The molecule has 0 aliphatic heterocycles.